The standard InChI is InChI=1S/C18H14F3N3O2S/c19-18(20,21)13-7-27-16(23-13)17(11-5-22-6-12(11)17)8-24-14(25)9-3-1-2-4-10(9)15(24)26/h1-4,7,11-12,22H,5-6,8H2/t11-,12+,17?. The summed E-state index contributed by atoms with van der Waals surface area (Å²) in [6.45, 7) is 1.37. The van der Waals surface area contributed by atoms with Gasteiger partial charge in [0.2, 0.25) is 0 Å². The number of amides is 2. The third kappa shape index (κ3) is 2.24. The molecule has 5 nitrogen and oxygen atoms in total. The molecule has 1 aliphatic carbocycles. The molecule has 1 saturated heterocycles. The van der Waals surface area contributed by atoms with Crippen molar-refractivity contribution >= 4 is 23.2 Å². The van der Waals surface area contributed by atoms with Crippen LogP contribution in [0.25, 0.3) is 0 Å². The number of alkyl halides is 3. The van der Waals surface area contributed by atoms with Crippen LogP contribution >= 0.6 is 11.3 Å². The zero-order chi connectivity index (χ0) is 19.0. The van der Waals surface area contributed by atoms with Crippen LogP contribution in [0.2, 0.25) is 0 Å². The minimum atomic E-state index is -4.51. The number of hydrogen-bond acceptors (Lipinski definition) is 5. The fourth-order valence-electron chi connectivity index (χ4n) is 4.53. The average molecular weight is 393 g/mol. The van der Waals surface area contributed by atoms with Crippen molar-refractivity contribution in [3.05, 3.63) is 51.5 Å². The molecule has 9 heteroatoms. The molecule has 1 unspecified atom stereocenters. The molecule has 1 saturated carbocycles. The van der Waals surface area contributed by atoms with E-state index in [1.807, 2.05) is 0 Å². The quantitative estimate of drug-likeness (QED) is 0.815. The van der Waals surface area contributed by atoms with Crippen LogP contribution in [0.15, 0.2) is 29.6 Å². The maximum Gasteiger partial charge on any atom is 0.434 e. The van der Waals surface area contributed by atoms with Gasteiger partial charge in [-0.2, -0.15) is 13.2 Å². The number of thiazole rings is 1. The minimum Gasteiger partial charge on any atom is -0.316 e. The number of fused-ring (bicyclic) bond motifs is 2. The molecule has 0 bridgehead atoms. The van der Waals surface area contributed by atoms with Crippen molar-refractivity contribution in [2.45, 2.75) is 11.6 Å². The Bertz CT molecular complexity index is 926. The molecule has 0 spiro atoms. The van der Waals surface area contributed by atoms with Crippen LogP contribution in [0.4, 0.5) is 13.2 Å². The molecule has 27 heavy (non-hydrogen) atoms. The molecule has 2 fully saturated rings. The Balaban J connectivity index is 1.51. The highest BCUT2D eigenvalue weighted by molar-refractivity contribution is 7.09. The fourth-order valence-corrected chi connectivity index (χ4v) is 5.68. The summed E-state index contributed by atoms with van der Waals surface area (Å²) >= 11 is 0.964. The van der Waals surface area contributed by atoms with Crippen molar-refractivity contribution in [2.75, 3.05) is 19.6 Å². The van der Waals surface area contributed by atoms with Gasteiger partial charge in [0.05, 0.1) is 11.1 Å². The molecule has 3 aliphatic rings. The SMILES string of the molecule is O=C1c2ccccc2C(=O)N1CC1(c2nc(C(F)(F)F)cs2)[C@@H]2CNC[C@@H]21. The highest BCUT2D eigenvalue weighted by atomic mass is 32.1. The number of nitrogens with one attached hydrogen (secondary N) is 1. The zero-order valence-electron chi connectivity index (χ0n) is 13.9. The Morgan fingerprint density at radius 2 is 1.74 bits per heavy atom. The highest BCUT2D eigenvalue weighted by Gasteiger charge is 2.70. The summed E-state index contributed by atoms with van der Waals surface area (Å²) < 4.78 is 39.1. The number of halogens is 3. The average Bonchev–Trinajstić information content (AvgIpc) is 3.13. The molecule has 0 radical (unpaired) electrons. The van der Waals surface area contributed by atoms with Gasteiger partial charge in [0.1, 0.15) is 5.01 Å². The Hall–Kier alpha value is -2.26. The van der Waals surface area contributed by atoms with E-state index in [1.54, 1.807) is 24.3 Å². The molecule has 1 aromatic carbocycles. The van der Waals surface area contributed by atoms with Gasteiger partial charge < -0.3 is 5.32 Å². The first-order valence-electron chi connectivity index (χ1n) is 8.53. The molecule has 140 valence electrons. The lowest BCUT2D eigenvalue weighted by Gasteiger charge is -2.24. The number of hydrogen-bond donors (Lipinski definition) is 1. The van der Waals surface area contributed by atoms with Crippen LogP contribution in [-0.4, -0.2) is 41.3 Å². The number of rotatable bonds is 3. The van der Waals surface area contributed by atoms with Gasteiger partial charge in [0.15, 0.2) is 5.69 Å². The van der Waals surface area contributed by atoms with Crippen molar-refractivity contribution in [2.24, 2.45) is 11.8 Å². The third-order valence-corrected chi connectivity index (χ3v) is 6.95. The van der Waals surface area contributed by atoms with Gasteiger partial charge in [-0.15, -0.1) is 11.3 Å². The minimum absolute atomic E-state index is 0.0706. The summed E-state index contributed by atoms with van der Waals surface area (Å²) in [6.07, 6.45) is -4.51. The van der Waals surface area contributed by atoms with E-state index in [2.05, 4.69) is 10.3 Å². The maximum atomic E-state index is 13.0. The molecule has 1 N–H and O–H groups in total. The summed E-state index contributed by atoms with van der Waals surface area (Å²) in [5.41, 5.74) is -0.914. The van der Waals surface area contributed by atoms with Crippen LogP contribution in [0, 0.1) is 11.8 Å². The normalized spacial score (nSPS) is 29.2. The van der Waals surface area contributed by atoms with Crippen LogP contribution < -0.4 is 5.32 Å². The van der Waals surface area contributed by atoms with E-state index < -0.39 is 17.3 Å². The lowest BCUT2D eigenvalue weighted by molar-refractivity contribution is -0.140. The smallest absolute Gasteiger partial charge is 0.316 e. The fraction of sp³-hybridized carbons (Fsp3) is 0.389. The Labute approximate surface area is 156 Å². The molecule has 2 amide bonds. The summed E-state index contributed by atoms with van der Waals surface area (Å²) in [7, 11) is 0. The second-order valence-electron chi connectivity index (χ2n) is 7.19. The van der Waals surface area contributed by atoms with Crippen molar-refractivity contribution < 1.29 is 22.8 Å². The van der Waals surface area contributed by atoms with Gasteiger partial charge in [-0.1, -0.05) is 12.1 Å². The lowest BCUT2D eigenvalue weighted by Crippen LogP contribution is -2.41. The number of carbonyl (C=O) groups excluding carboxylic acids is 2. The van der Waals surface area contributed by atoms with Gasteiger partial charge >= 0.3 is 6.18 Å². The monoisotopic (exact) mass is 393 g/mol. The van der Waals surface area contributed by atoms with Gasteiger partial charge in [0.25, 0.3) is 11.8 Å². The molecule has 3 atom stereocenters. The first-order valence-corrected chi connectivity index (χ1v) is 9.41. The number of aromatic nitrogens is 1. The van der Waals surface area contributed by atoms with Crippen LogP contribution in [0.1, 0.15) is 31.4 Å². The maximum absolute atomic E-state index is 13.0. The molecular weight excluding hydrogens is 379 g/mol. The van der Waals surface area contributed by atoms with Crippen LogP contribution in [0.3, 0.4) is 0 Å². The van der Waals surface area contributed by atoms with Crippen LogP contribution in [-0.2, 0) is 11.6 Å². The number of piperidine rings is 1. The summed E-state index contributed by atoms with van der Waals surface area (Å²) in [4.78, 5) is 30.5. The molecule has 3 heterocycles. The molecule has 2 aromatic rings. The second-order valence-corrected chi connectivity index (χ2v) is 8.05. The first-order chi connectivity index (χ1) is 12.8. The molecule has 2 aliphatic heterocycles. The largest absolute Gasteiger partial charge is 0.434 e. The van der Waals surface area contributed by atoms with E-state index in [4.69, 9.17) is 0 Å². The van der Waals surface area contributed by atoms with E-state index in [9.17, 15) is 22.8 Å². The Kier molecular flexibility index (Phi) is 3.37. The summed E-state index contributed by atoms with van der Waals surface area (Å²) in [5, 5.41) is 4.59. The van der Waals surface area contributed by atoms with E-state index >= 15 is 0 Å². The van der Waals surface area contributed by atoms with Gasteiger partial charge in [-0.25, -0.2) is 4.98 Å². The van der Waals surface area contributed by atoms with Gasteiger partial charge in [-0.3, -0.25) is 14.5 Å². The van der Waals surface area contributed by atoms with Crippen molar-refractivity contribution in [1.29, 1.82) is 0 Å². The Morgan fingerprint density at radius 1 is 1.15 bits per heavy atom. The topological polar surface area (TPSA) is 62.3 Å². The van der Waals surface area contributed by atoms with Gasteiger partial charge in [-0.05, 0) is 37.1 Å². The second kappa shape index (κ2) is 5.39. The third-order valence-electron chi connectivity index (χ3n) is 5.92. The summed E-state index contributed by atoms with van der Waals surface area (Å²) in [6, 6.07) is 6.58. The summed E-state index contributed by atoms with van der Waals surface area (Å²) in [5.74, 6) is -0.621. The number of nitrogens with zero attached hydrogens (tertiary/aromatic N) is 2. The number of benzene rings is 1. The number of imide groups is 1. The van der Waals surface area contributed by atoms with Crippen LogP contribution in [0.5, 0.6) is 0 Å². The molecular formula is C18H14F3N3O2S. The van der Waals surface area contributed by atoms with Crippen molar-refractivity contribution in [3.8, 4) is 0 Å². The molecule has 1 aromatic heterocycles. The van der Waals surface area contributed by atoms with E-state index in [-0.39, 0.29) is 30.2 Å². The predicted molar refractivity (Wildman–Crippen MR) is 90.5 cm³/mol. The number of carbonyl (C=O) groups is 2. The van der Waals surface area contributed by atoms with E-state index in [0.717, 1.165) is 16.7 Å². The van der Waals surface area contributed by atoms with E-state index in [0.29, 0.717) is 29.2 Å². The predicted octanol–water partition coefficient (Wildman–Crippen LogP) is 2.55. The highest BCUT2D eigenvalue weighted by Crippen LogP contribution is 2.63. The Morgan fingerprint density at radius 3 is 2.26 bits per heavy atom. The lowest BCUT2D eigenvalue weighted by atomic mass is 10.00. The molecule has 5 rings (SSSR count). The van der Waals surface area contributed by atoms with Gasteiger partial charge in [0, 0.05) is 17.3 Å². The van der Waals surface area contributed by atoms with E-state index in [1.165, 1.54) is 4.90 Å². The van der Waals surface area contributed by atoms with Crippen molar-refractivity contribution in [1.82, 2.24) is 15.2 Å². The first kappa shape index (κ1) is 16.9. The van der Waals surface area contributed by atoms with Crippen molar-refractivity contribution in [3.63, 3.8) is 0 Å². The zero-order valence-corrected chi connectivity index (χ0v) is 14.7.